The maximum Gasteiger partial charge on any atom is 0.221 e. The Balaban J connectivity index is 3.12. The van der Waals surface area contributed by atoms with Crippen molar-refractivity contribution in [1.29, 1.82) is 0 Å². The van der Waals surface area contributed by atoms with Gasteiger partial charge in [0.05, 0.1) is 5.69 Å². The standard InChI is InChI=1S/C11H14N2O2/c1-8(15)12-11-6-10(13(2)3)5-4-9(11)7-14/h4-7H,1-3H3,(H,12,15). The van der Waals surface area contributed by atoms with Crippen LogP contribution in [0.2, 0.25) is 0 Å². The second-order valence-corrected chi connectivity index (χ2v) is 3.47. The number of carbonyl (C=O) groups is 2. The van der Waals surface area contributed by atoms with Gasteiger partial charge < -0.3 is 10.2 Å². The average molecular weight is 206 g/mol. The van der Waals surface area contributed by atoms with E-state index in [4.69, 9.17) is 0 Å². The molecule has 1 aromatic rings. The minimum absolute atomic E-state index is 0.186. The quantitative estimate of drug-likeness (QED) is 0.763. The highest BCUT2D eigenvalue weighted by Gasteiger charge is 2.05. The highest BCUT2D eigenvalue weighted by molar-refractivity contribution is 5.96. The maximum atomic E-state index is 10.9. The smallest absolute Gasteiger partial charge is 0.221 e. The van der Waals surface area contributed by atoms with Crippen molar-refractivity contribution in [2.75, 3.05) is 24.3 Å². The molecule has 0 aliphatic rings. The van der Waals surface area contributed by atoms with Crippen molar-refractivity contribution in [3.8, 4) is 0 Å². The van der Waals surface area contributed by atoms with Crippen molar-refractivity contribution in [2.45, 2.75) is 6.92 Å². The van der Waals surface area contributed by atoms with Crippen LogP contribution < -0.4 is 10.2 Å². The van der Waals surface area contributed by atoms with Gasteiger partial charge in [-0.1, -0.05) is 0 Å². The molecule has 0 atom stereocenters. The number of amides is 1. The molecule has 0 bridgehead atoms. The molecule has 0 fully saturated rings. The highest BCUT2D eigenvalue weighted by atomic mass is 16.1. The third-order valence-corrected chi connectivity index (χ3v) is 1.99. The molecule has 80 valence electrons. The predicted molar refractivity (Wildman–Crippen MR) is 60.5 cm³/mol. The largest absolute Gasteiger partial charge is 0.378 e. The van der Waals surface area contributed by atoms with Gasteiger partial charge >= 0.3 is 0 Å². The molecule has 0 unspecified atom stereocenters. The van der Waals surface area contributed by atoms with Gasteiger partial charge in [-0.2, -0.15) is 0 Å². The van der Waals surface area contributed by atoms with E-state index in [1.807, 2.05) is 25.1 Å². The number of benzene rings is 1. The molecule has 0 saturated carbocycles. The van der Waals surface area contributed by atoms with Gasteiger partial charge in [-0.05, 0) is 18.2 Å². The molecule has 0 aromatic heterocycles. The Morgan fingerprint density at radius 1 is 1.40 bits per heavy atom. The fourth-order valence-electron chi connectivity index (χ4n) is 1.22. The molecule has 4 nitrogen and oxygen atoms in total. The Hall–Kier alpha value is -1.84. The molecule has 0 aliphatic heterocycles. The molecule has 4 heteroatoms. The second kappa shape index (κ2) is 4.59. The molecular weight excluding hydrogens is 192 g/mol. The van der Waals surface area contributed by atoms with E-state index in [1.54, 1.807) is 12.1 Å². The van der Waals surface area contributed by atoms with Crippen molar-refractivity contribution >= 4 is 23.6 Å². The molecule has 1 N–H and O–H groups in total. The monoisotopic (exact) mass is 206 g/mol. The fraction of sp³-hybridized carbons (Fsp3) is 0.273. The summed E-state index contributed by atoms with van der Waals surface area (Å²) in [7, 11) is 3.79. The number of carbonyl (C=O) groups excluding carboxylic acids is 2. The molecule has 0 saturated heterocycles. The number of rotatable bonds is 3. The molecule has 1 rings (SSSR count). The van der Waals surface area contributed by atoms with Crippen molar-refractivity contribution in [1.82, 2.24) is 0 Å². The van der Waals surface area contributed by atoms with Crippen LogP contribution in [0.25, 0.3) is 0 Å². The number of anilines is 2. The molecule has 0 radical (unpaired) electrons. The zero-order chi connectivity index (χ0) is 11.4. The Kier molecular flexibility index (Phi) is 3.44. The van der Waals surface area contributed by atoms with Gasteiger partial charge in [0.2, 0.25) is 5.91 Å². The summed E-state index contributed by atoms with van der Waals surface area (Å²) in [6, 6.07) is 5.29. The molecule has 0 aliphatic carbocycles. The van der Waals surface area contributed by atoms with Gasteiger partial charge in [-0.15, -0.1) is 0 Å². The lowest BCUT2D eigenvalue weighted by Crippen LogP contribution is -2.12. The molecule has 0 spiro atoms. The predicted octanol–water partition coefficient (Wildman–Crippen LogP) is 1.52. The molecule has 1 amide bonds. The fourth-order valence-corrected chi connectivity index (χ4v) is 1.22. The highest BCUT2D eigenvalue weighted by Crippen LogP contribution is 2.21. The Labute approximate surface area is 88.9 Å². The summed E-state index contributed by atoms with van der Waals surface area (Å²) in [4.78, 5) is 23.5. The Bertz CT molecular complexity index is 386. The van der Waals surface area contributed by atoms with E-state index in [2.05, 4.69) is 5.32 Å². The van der Waals surface area contributed by atoms with E-state index in [9.17, 15) is 9.59 Å². The minimum Gasteiger partial charge on any atom is -0.378 e. The molecular formula is C11H14N2O2. The molecule has 15 heavy (non-hydrogen) atoms. The normalized spacial score (nSPS) is 9.53. The van der Waals surface area contributed by atoms with Crippen LogP contribution in [0.15, 0.2) is 18.2 Å². The van der Waals surface area contributed by atoms with Gasteiger partial charge in [-0.3, -0.25) is 9.59 Å². The van der Waals surface area contributed by atoms with Crippen molar-refractivity contribution in [3.63, 3.8) is 0 Å². The Morgan fingerprint density at radius 3 is 2.53 bits per heavy atom. The summed E-state index contributed by atoms with van der Waals surface area (Å²) in [5.74, 6) is -0.186. The lowest BCUT2D eigenvalue weighted by atomic mass is 10.1. The maximum absolute atomic E-state index is 10.9. The summed E-state index contributed by atoms with van der Waals surface area (Å²) in [6.45, 7) is 1.41. The van der Waals surface area contributed by atoms with E-state index in [0.29, 0.717) is 11.3 Å². The first kappa shape index (κ1) is 11.2. The van der Waals surface area contributed by atoms with Gasteiger partial charge in [-0.25, -0.2) is 0 Å². The van der Waals surface area contributed by atoms with Crippen LogP contribution in [0.4, 0.5) is 11.4 Å². The lowest BCUT2D eigenvalue weighted by Gasteiger charge is -2.15. The van der Waals surface area contributed by atoms with E-state index in [0.717, 1.165) is 12.0 Å². The summed E-state index contributed by atoms with van der Waals surface area (Å²) in [5, 5.41) is 2.62. The summed E-state index contributed by atoms with van der Waals surface area (Å²) < 4.78 is 0. The van der Waals surface area contributed by atoms with Gasteiger partial charge in [0.25, 0.3) is 0 Å². The Morgan fingerprint density at radius 2 is 2.07 bits per heavy atom. The zero-order valence-electron chi connectivity index (χ0n) is 9.07. The van der Waals surface area contributed by atoms with E-state index < -0.39 is 0 Å². The van der Waals surface area contributed by atoms with Crippen LogP contribution >= 0.6 is 0 Å². The third kappa shape index (κ3) is 2.80. The van der Waals surface area contributed by atoms with Crippen LogP contribution in [0.3, 0.4) is 0 Å². The van der Waals surface area contributed by atoms with E-state index in [-0.39, 0.29) is 5.91 Å². The first-order valence-electron chi connectivity index (χ1n) is 4.58. The lowest BCUT2D eigenvalue weighted by molar-refractivity contribution is -0.114. The summed E-state index contributed by atoms with van der Waals surface area (Å²) in [5.41, 5.74) is 1.96. The summed E-state index contributed by atoms with van der Waals surface area (Å²) >= 11 is 0. The van der Waals surface area contributed by atoms with Crippen LogP contribution in [0, 0.1) is 0 Å². The van der Waals surface area contributed by atoms with E-state index in [1.165, 1.54) is 6.92 Å². The second-order valence-electron chi connectivity index (χ2n) is 3.47. The van der Waals surface area contributed by atoms with Crippen molar-refractivity contribution in [3.05, 3.63) is 23.8 Å². The van der Waals surface area contributed by atoms with Crippen molar-refractivity contribution < 1.29 is 9.59 Å². The third-order valence-electron chi connectivity index (χ3n) is 1.99. The number of nitrogens with one attached hydrogen (secondary N) is 1. The first-order chi connectivity index (χ1) is 7.04. The topological polar surface area (TPSA) is 49.4 Å². The molecule has 0 heterocycles. The average Bonchev–Trinajstić information content (AvgIpc) is 2.16. The van der Waals surface area contributed by atoms with Crippen LogP contribution in [0.5, 0.6) is 0 Å². The van der Waals surface area contributed by atoms with Crippen LogP contribution in [0.1, 0.15) is 17.3 Å². The van der Waals surface area contributed by atoms with Gasteiger partial charge in [0, 0.05) is 32.3 Å². The first-order valence-corrected chi connectivity index (χ1v) is 4.58. The molecule has 1 aromatic carbocycles. The number of nitrogens with zero attached hydrogens (tertiary/aromatic N) is 1. The number of hydrogen-bond acceptors (Lipinski definition) is 3. The van der Waals surface area contributed by atoms with Crippen LogP contribution in [-0.2, 0) is 4.79 Å². The summed E-state index contributed by atoms with van der Waals surface area (Å²) in [6.07, 6.45) is 0.727. The van der Waals surface area contributed by atoms with Crippen molar-refractivity contribution in [2.24, 2.45) is 0 Å². The zero-order valence-corrected chi connectivity index (χ0v) is 9.07. The van der Waals surface area contributed by atoms with Gasteiger partial charge in [0.15, 0.2) is 6.29 Å². The van der Waals surface area contributed by atoms with E-state index >= 15 is 0 Å². The minimum atomic E-state index is -0.186. The SMILES string of the molecule is CC(=O)Nc1cc(N(C)C)ccc1C=O. The van der Waals surface area contributed by atoms with Crippen LogP contribution in [-0.4, -0.2) is 26.3 Å². The number of hydrogen-bond donors (Lipinski definition) is 1. The number of aldehydes is 1. The van der Waals surface area contributed by atoms with Gasteiger partial charge in [0.1, 0.15) is 0 Å².